The van der Waals surface area contributed by atoms with Crippen LogP contribution in [0, 0.1) is 0 Å². The summed E-state index contributed by atoms with van der Waals surface area (Å²) < 4.78 is 11.0. The highest BCUT2D eigenvalue weighted by Gasteiger charge is 2.08. The molecule has 0 amide bonds. The quantitative estimate of drug-likeness (QED) is 0.777. The first-order chi connectivity index (χ1) is 7.47. The van der Waals surface area contributed by atoms with Gasteiger partial charge in [0.15, 0.2) is 0 Å². The molecular weight excluding hydrogens is 204 g/mol. The van der Waals surface area contributed by atoms with Gasteiger partial charge >= 0.3 is 0 Å². The Bertz CT molecular complexity index is 304. The fourth-order valence-corrected chi connectivity index (χ4v) is 1.12. The van der Waals surface area contributed by atoms with E-state index in [1.54, 1.807) is 12.3 Å². The molecule has 16 heavy (non-hydrogen) atoms. The summed E-state index contributed by atoms with van der Waals surface area (Å²) in [6.07, 6.45) is 1.72. The average molecular weight is 224 g/mol. The van der Waals surface area contributed by atoms with Crippen molar-refractivity contribution < 1.29 is 9.47 Å². The van der Waals surface area contributed by atoms with Gasteiger partial charge in [0, 0.05) is 6.20 Å². The van der Waals surface area contributed by atoms with Crippen LogP contribution in [0.25, 0.3) is 0 Å². The lowest BCUT2D eigenvalue weighted by Crippen LogP contribution is -2.21. The van der Waals surface area contributed by atoms with E-state index in [9.17, 15) is 0 Å². The molecule has 0 atom stereocenters. The number of ether oxygens (including phenoxy) is 2. The monoisotopic (exact) mass is 224 g/mol. The van der Waals surface area contributed by atoms with Crippen LogP contribution in [0.1, 0.15) is 26.3 Å². The van der Waals surface area contributed by atoms with Crippen molar-refractivity contribution in [1.29, 1.82) is 0 Å². The molecule has 1 aromatic rings. The van der Waals surface area contributed by atoms with Crippen molar-refractivity contribution in [3.8, 4) is 0 Å². The third kappa shape index (κ3) is 5.68. The summed E-state index contributed by atoms with van der Waals surface area (Å²) in [5.74, 6) is 0.528. The zero-order valence-electron chi connectivity index (χ0n) is 10.2. The van der Waals surface area contributed by atoms with Crippen molar-refractivity contribution in [3.05, 3.63) is 23.9 Å². The number of nitrogens with two attached hydrogens (primary N) is 1. The molecule has 0 aromatic carbocycles. The molecule has 4 heteroatoms. The maximum atomic E-state index is 5.53. The molecule has 0 aliphatic heterocycles. The van der Waals surface area contributed by atoms with Gasteiger partial charge in [0.25, 0.3) is 0 Å². The second-order valence-corrected chi connectivity index (χ2v) is 4.60. The first-order valence-corrected chi connectivity index (χ1v) is 5.39. The van der Waals surface area contributed by atoms with Gasteiger partial charge < -0.3 is 15.2 Å². The molecule has 0 bridgehead atoms. The maximum absolute atomic E-state index is 5.53. The molecular formula is C12H20N2O2. The van der Waals surface area contributed by atoms with Gasteiger partial charge in [0.2, 0.25) is 0 Å². The third-order valence-corrected chi connectivity index (χ3v) is 1.88. The van der Waals surface area contributed by atoms with Crippen LogP contribution in [0.4, 0.5) is 5.82 Å². The van der Waals surface area contributed by atoms with Crippen LogP contribution in [0.5, 0.6) is 0 Å². The first kappa shape index (κ1) is 12.9. The van der Waals surface area contributed by atoms with E-state index in [0.717, 1.165) is 5.56 Å². The van der Waals surface area contributed by atoms with Crippen molar-refractivity contribution in [2.45, 2.75) is 33.0 Å². The van der Waals surface area contributed by atoms with Gasteiger partial charge in [-0.3, -0.25) is 0 Å². The van der Waals surface area contributed by atoms with Gasteiger partial charge in [-0.25, -0.2) is 4.98 Å². The molecule has 90 valence electrons. The minimum absolute atomic E-state index is 0.105. The number of rotatable bonds is 5. The summed E-state index contributed by atoms with van der Waals surface area (Å²) in [7, 11) is 0. The van der Waals surface area contributed by atoms with E-state index in [2.05, 4.69) is 4.98 Å². The predicted molar refractivity (Wildman–Crippen MR) is 64.0 cm³/mol. The topological polar surface area (TPSA) is 57.4 Å². The zero-order valence-corrected chi connectivity index (χ0v) is 10.2. The van der Waals surface area contributed by atoms with Crippen molar-refractivity contribution in [1.82, 2.24) is 4.98 Å². The molecule has 0 fully saturated rings. The minimum Gasteiger partial charge on any atom is -0.384 e. The lowest BCUT2D eigenvalue weighted by atomic mass is 10.2. The summed E-state index contributed by atoms with van der Waals surface area (Å²) in [5.41, 5.74) is 6.39. The molecule has 1 heterocycles. The van der Waals surface area contributed by atoms with Crippen LogP contribution in [0.15, 0.2) is 18.3 Å². The largest absolute Gasteiger partial charge is 0.384 e. The van der Waals surface area contributed by atoms with E-state index in [-0.39, 0.29) is 5.60 Å². The third-order valence-electron chi connectivity index (χ3n) is 1.88. The molecule has 0 unspecified atom stereocenters. The SMILES string of the molecule is CC(C)(C)OCCOCc1ccc(N)nc1. The Labute approximate surface area is 96.8 Å². The van der Waals surface area contributed by atoms with E-state index >= 15 is 0 Å². The Kier molecular flexibility index (Phi) is 4.71. The minimum atomic E-state index is -0.105. The number of hydrogen-bond donors (Lipinski definition) is 1. The Morgan fingerprint density at radius 1 is 1.25 bits per heavy atom. The van der Waals surface area contributed by atoms with E-state index < -0.39 is 0 Å². The number of nitrogen functional groups attached to an aromatic ring is 1. The number of anilines is 1. The van der Waals surface area contributed by atoms with E-state index in [1.807, 2.05) is 26.8 Å². The standard InChI is InChI=1S/C12H20N2O2/c1-12(2,3)16-7-6-15-9-10-4-5-11(13)14-8-10/h4-5,8H,6-7,9H2,1-3H3,(H2,13,14). The summed E-state index contributed by atoms with van der Waals surface area (Å²) >= 11 is 0. The van der Waals surface area contributed by atoms with Crippen LogP contribution < -0.4 is 5.73 Å². The zero-order chi connectivity index (χ0) is 12.0. The average Bonchev–Trinajstić information content (AvgIpc) is 2.19. The second-order valence-electron chi connectivity index (χ2n) is 4.60. The molecule has 2 N–H and O–H groups in total. The van der Waals surface area contributed by atoms with Gasteiger partial charge in [-0.1, -0.05) is 6.07 Å². The first-order valence-electron chi connectivity index (χ1n) is 5.39. The van der Waals surface area contributed by atoms with Crippen molar-refractivity contribution in [2.75, 3.05) is 18.9 Å². The molecule has 1 rings (SSSR count). The fraction of sp³-hybridized carbons (Fsp3) is 0.583. The Balaban J connectivity index is 2.14. The lowest BCUT2D eigenvalue weighted by Gasteiger charge is -2.19. The molecule has 4 nitrogen and oxygen atoms in total. The van der Waals surface area contributed by atoms with Crippen LogP contribution in [-0.2, 0) is 16.1 Å². The summed E-state index contributed by atoms with van der Waals surface area (Å²) in [6.45, 7) is 7.80. The van der Waals surface area contributed by atoms with E-state index in [1.165, 1.54) is 0 Å². The number of nitrogens with zero attached hydrogens (tertiary/aromatic N) is 1. The molecule has 0 saturated heterocycles. The molecule has 0 aliphatic rings. The van der Waals surface area contributed by atoms with E-state index in [0.29, 0.717) is 25.6 Å². The van der Waals surface area contributed by atoms with E-state index in [4.69, 9.17) is 15.2 Å². The highest BCUT2D eigenvalue weighted by Crippen LogP contribution is 2.06. The van der Waals surface area contributed by atoms with Crippen molar-refractivity contribution in [3.63, 3.8) is 0 Å². The maximum Gasteiger partial charge on any atom is 0.123 e. The lowest BCUT2D eigenvalue weighted by molar-refractivity contribution is -0.0377. The van der Waals surface area contributed by atoms with Crippen LogP contribution in [0.3, 0.4) is 0 Å². The molecule has 0 saturated carbocycles. The molecule has 1 aromatic heterocycles. The van der Waals surface area contributed by atoms with Gasteiger partial charge in [0.05, 0.1) is 25.4 Å². The van der Waals surface area contributed by atoms with Gasteiger partial charge in [-0.05, 0) is 32.4 Å². The smallest absolute Gasteiger partial charge is 0.123 e. The molecule has 0 aliphatic carbocycles. The normalized spacial score (nSPS) is 11.7. The number of aromatic nitrogens is 1. The number of pyridine rings is 1. The summed E-state index contributed by atoms with van der Waals surface area (Å²) in [6, 6.07) is 3.68. The van der Waals surface area contributed by atoms with Crippen LogP contribution >= 0.6 is 0 Å². The Morgan fingerprint density at radius 3 is 2.56 bits per heavy atom. The summed E-state index contributed by atoms with van der Waals surface area (Å²) in [4.78, 5) is 3.98. The van der Waals surface area contributed by atoms with Crippen LogP contribution in [-0.4, -0.2) is 23.8 Å². The molecule has 0 spiro atoms. The van der Waals surface area contributed by atoms with Gasteiger partial charge in [-0.15, -0.1) is 0 Å². The second kappa shape index (κ2) is 5.82. The Hall–Kier alpha value is -1.13. The predicted octanol–water partition coefficient (Wildman–Crippen LogP) is 2.00. The number of hydrogen-bond acceptors (Lipinski definition) is 4. The fourth-order valence-electron chi connectivity index (χ4n) is 1.12. The highest BCUT2D eigenvalue weighted by molar-refractivity contribution is 5.28. The summed E-state index contributed by atoms with van der Waals surface area (Å²) in [5, 5.41) is 0. The van der Waals surface area contributed by atoms with Crippen molar-refractivity contribution >= 4 is 5.82 Å². The molecule has 0 radical (unpaired) electrons. The van der Waals surface area contributed by atoms with Crippen LogP contribution in [0.2, 0.25) is 0 Å². The van der Waals surface area contributed by atoms with Crippen molar-refractivity contribution in [2.24, 2.45) is 0 Å². The Morgan fingerprint density at radius 2 is 2.00 bits per heavy atom. The van der Waals surface area contributed by atoms with Gasteiger partial charge in [0.1, 0.15) is 5.82 Å². The van der Waals surface area contributed by atoms with Gasteiger partial charge in [-0.2, -0.15) is 0 Å². The highest BCUT2D eigenvalue weighted by atomic mass is 16.5.